The normalized spacial score (nSPS) is 17.1. The second kappa shape index (κ2) is 8.54. The van der Waals surface area contributed by atoms with E-state index in [9.17, 15) is 9.18 Å². The van der Waals surface area contributed by atoms with Crippen LogP contribution in [0.2, 0.25) is 5.02 Å². The lowest BCUT2D eigenvalue weighted by molar-refractivity contribution is 0.0735. The molecule has 1 aromatic heterocycles. The van der Waals surface area contributed by atoms with Crippen molar-refractivity contribution in [3.63, 3.8) is 0 Å². The summed E-state index contributed by atoms with van der Waals surface area (Å²) < 4.78 is 21.5. The SMILES string of the molecule is COc1ccc(CN2C(=O)c3cc(-c4cnn(C5CC5)c4)ccc3C2c2cc(F)ccc2Cl)cc1. The van der Waals surface area contributed by atoms with E-state index in [2.05, 4.69) is 5.10 Å². The number of aromatic nitrogens is 2. The number of ether oxygens (including phenoxy) is 1. The molecule has 7 heteroatoms. The average molecular weight is 488 g/mol. The number of fused-ring (bicyclic) bond motifs is 1. The van der Waals surface area contributed by atoms with Gasteiger partial charge in [0, 0.05) is 34.5 Å². The highest BCUT2D eigenvalue weighted by atomic mass is 35.5. The Kier molecular flexibility index (Phi) is 5.33. The quantitative estimate of drug-likeness (QED) is 0.315. The lowest BCUT2D eigenvalue weighted by atomic mass is 9.95. The summed E-state index contributed by atoms with van der Waals surface area (Å²) in [6.45, 7) is 0.351. The van der Waals surface area contributed by atoms with Gasteiger partial charge >= 0.3 is 0 Å². The minimum Gasteiger partial charge on any atom is -0.497 e. The molecule has 3 aromatic carbocycles. The van der Waals surface area contributed by atoms with E-state index in [0.717, 1.165) is 40.8 Å². The van der Waals surface area contributed by atoms with Gasteiger partial charge in [-0.05, 0) is 65.9 Å². The monoisotopic (exact) mass is 487 g/mol. The van der Waals surface area contributed by atoms with Gasteiger partial charge in [0.25, 0.3) is 5.91 Å². The number of halogens is 2. The van der Waals surface area contributed by atoms with Gasteiger partial charge in [0.1, 0.15) is 11.6 Å². The standard InChI is InChI=1S/C28H23ClFN3O2/c1-35-22-8-2-17(3-9-22)15-32-27(25-13-20(30)5-11-26(25)29)23-10-4-18(12-24(23)28(32)34)19-14-31-33(16-19)21-6-7-21/h2-5,8-14,16,21,27H,6-7,15H2,1H3. The third-order valence-electron chi connectivity index (χ3n) is 6.77. The van der Waals surface area contributed by atoms with Crippen molar-refractivity contribution in [3.05, 3.63) is 106 Å². The van der Waals surface area contributed by atoms with Crippen molar-refractivity contribution < 1.29 is 13.9 Å². The molecule has 1 aliphatic heterocycles. The zero-order valence-electron chi connectivity index (χ0n) is 19.1. The van der Waals surface area contributed by atoms with Crippen LogP contribution in [0.4, 0.5) is 4.39 Å². The second-order valence-corrected chi connectivity index (χ2v) is 9.50. The lowest BCUT2D eigenvalue weighted by Gasteiger charge is -2.27. The summed E-state index contributed by atoms with van der Waals surface area (Å²) in [7, 11) is 1.61. The van der Waals surface area contributed by atoms with Crippen LogP contribution >= 0.6 is 11.6 Å². The van der Waals surface area contributed by atoms with Crippen molar-refractivity contribution in [3.8, 4) is 16.9 Å². The van der Waals surface area contributed by atoms with Crippen LogP contribution in [0.1, 0.15) is 52.0 Å². The molecule has 0 bridgehead atoms. The van der Waals surface area contributed by atoms with Crippen LogP contribution in [-0.2, 0) is 6.54 Å². The van der Waals surface area contributed by atoms with Crippen molar-refractivity contribution >= 4 is 17.5 Å². The van der Waals surface area contributed by atoms with Gasteiger partial charge in [0.2, 0.25) is 0 Å². The molecule has 4 aromatic rings. The summed E-state index contributed by atoms with van der Waals surface area (Å²) in [6.07, 6.45) is 6.19. The summed E-state index contributed by atoms with van der Waals surface area (Å²) in [5.74, 6) is 0.238. The molecular formula is C28H23ClFN3O2. The number of benzene rings is 3. The Morgan fingerprint density at radius 2 is 1.83 bits per heavy atom. The van der Waals surface area contributed by atoms with Crippen LogP contribution in [0, 0.1) is 5.82 Å². The molecule has 1 amide bonds. The molecule has 0 saturated heterocycles. The molecule has 0 N–H and O–H groups in total. The minimum absolute atomic E-state index is 0.113. The van der Waals surface area contributed by atoms with Gasteiger partial charge in [-0.15, -0.1) is 0 Å². The van der Waals surface area contributed by atoms with Crippen LogP contribution < -0.4 is 4.74 Å². The van der Waals surface area contributed by atoms with Gasteiger partial charge < -0.3 is 9.64 Å². The van der Waals surface area contributed by atoms with E-state index in [1.54, 1.807) is 18.1 Å². The number of amides is 1. The maximum atomic E-state index is 14.3. The number of carbonyl (C=O) groups is 1. The Balaban J connectivity index is 1.42. The van der Waals surface area contributed by atoms with Crippen LogP contribution in [-0.4, -0.2) is 27.7 Å². The fourth-order valence-electron chi connectivity index (χ4n) is 4.78. The van der Waals surface area contributed by atoms with Crippen LogP contribution in [0.5, 0.6) is 5.75 Å². The van der Waals surface area contributed by atoms with Gasteiger partial charge in [-0.3, -0.25) is 9.48 Å². The van der Waals surface area contributed by atoms with Crippen LogP contribution in [0.25, 0.3) is 11.1 Å². The predicted molar refractivity (Wildman–Crippen MR) is 132 cm³/mol. The molecule has 1 aliphatic carbocycles. The van der Waals surface area contributed by atoms with E-state index in [1.807, 2.05) is 59.5 Å². The highest BCUT2D eigenvalue weighted by Gasteiger charge is 2.39. The summed E-state index contributed by atoms with van der Waals surface area (Å²) in [5, 5.41) is 4.91. The number of nitrogens with zero attached hydrogens (tertiary/aromatic N) is 3. The van der Waals surface area contributed by atoms with Gasteiger partial charge in [0.05, 0.1) is 25.4 Å². The topological polar surface area (TPSA) is 47.4 Å². The zero-order valence-corrected chi connectivity index (χ0v) is 19.9. The molecule has 2 heterocycles. The van der Waals surface area contributed by atoms with Gasteiger partial charge in [-0.1, -0.05) is 35.9 Å². The van der Waals surface area contributed by atoms with E-state index < -0.39 is 6.04 Å². The van der Waals surface area contributed by atoms with E-state index in [0.29, 0.717) is 28.7 Å². The molecule has 1 atom stereocenters. The summed E-state index contributed by atoms with van der Waals surface area (Å²) in [5.41, 5.74) is 4.83. The van der Waals surface area contributed by atoms with Crippen LogP contribution in [0.3, 0.4) is 0 Å². The molecular weight excluding hydrogens is 465 g/mol. The molecule has 5 nitrogen and oxygen atoms in total. The highest BCUT2D eigenvalue weighted by molar-refractivity contribution is 6.31. The fraction of sp³-hybridized carbons (Fsp3) is 0.214. The molecule has 0 radical (unpaired) electrons. The Bertz CT molecular complexity index is 1430. The predicted octanol–water partition coefficient (Wildman–Crippen LogP) is 6.43. The molecule has 1 unspecified atom stereocenters. The number of methoxy groups -OCH3 is 1. The first kappa shape index (κ1) is 21.9. The Morgan fingerprint density at radius 3 is 2.57 bits per heavy atom. The Morgan fingerprint density at radius 1 is 1.03 bits per heavy atom. The number of hydrogen-bond acceptors (Lipinski definition) is 3. The van der Waals surface area contributed by atoms with E-state index in [4.69, 9.17) is 16.3 Å². The fourth-order valence-corrected chi connectivity index (χ4v) is 5.00. The lowest BCUT2D eigenvalue weighted by Crippen LogP contribution is -2.28. The minimum atomic E-state index is -0.494. The average Bonchev–Trinajstić information content (AvgIpc) is 3.55. The van der Waals surface area contributed by atoms with Crippen molar-refractivity contribution in [2.45, 2.75) is 31.5 Å². The van der Waals surface area contributed by atoms with Gasteiger partial charge in [-0.2, -0.15) is 5.10 Å². The van der Waals surface area contributed by atoms with Crippen LogP contribution in [0.15, 0.2) is 73.1 Å². The first-order valence-corrected chi connectivity index (χ1v) is 12.0. The maximum Gasteiger partial charge on any atom is 0.255 e. The maximum absolute atomic E-state index is 14.3. The second-order valence-electron chi connectivity index (χ2n) is 9.09. The first-order chi connectivity index (χ1) is 17.0. The smallest absolute Gasteiger partial charge is 0.255 e. The number of hydrogen-bond donors (Lipinski definition) is 0. The summed E-state index contributed by atoms with van der Waals surface area (Å²) >= 11 is 6.53. The molecule has 2 aliphatic rings. The molecule has 1 saturated carbocycles. The largest absolute Gasteiger partial charge is 0.497 e. The van der Waals surface area contributed by atoms with Crippen molar-refractivity contribution in [2.24, 2.45) is 0 Å². The van der Waals surface area contributed by atoms with Gasteiger partial charge in [-0.25, -0.2) is 4.39 Å². The number of carbonyl (C=O) groups excluding carboxylic acids is 1. The van der Waals surface area contributed by atoms with Gasteiger partial charge in [0.15, 0.2) is 0 Å². The molecule has 176 valence electrons. The number of rotatable bonds is 6. The molecule has 0 spiro atoms. The van der Waals surface area contributed by atoms with Crippen molar-refractivity contribution in [1.82, 2.24) is 14.7 Å². The third kappa shape index (κ3) is 3.98. The molecule has 1 fully saturated rings. The van der Waals surface area contributed by atoms with E-state index in [-0.39, 0.29) is 11.7 Å². The first-order valence-electron chi connectivity index (χ1n) is 11.6. The third-order valence-corrected chi connectivity index (χ3v) is 7.12. The molecule has 35 heavy (non-hydrogen) atoms. The summed E-state index contributed by atoms with van der Waals surface area (Å²) in [6, 6.07) is 17.7. The summed E-state index contributed by atoms with van der Waals surface area (Å²) in [4.78, 5) is 15.5. The molecule has 6 rings (SSSR count). The Hall–Kier alpha value is -3.64. The Labute approximate surface area is 207 Å². The highest BCUT2D eigenvalue weighted by Crippen LogP contribution is 2.43. The van der Waals surface area contributed by atoms with E-state index >= 15 is 0 Å². The van der Waals surface area contributed by atoms with E-state index in [1.165, 1.54) is 12.1 Å². The zero-order chi connectivity index (χ0) is 24.1. The van der Waals surface area contributed by atoms with Crippen molar-refractivity contribution in [2.75, 3.05) is 7.11 Å². The van der Waals surface area contributed by atoms with Crippen molar-refractivity contribution in [1.29, 1.82) is 0 Å².